The fourth-order valence-electron chi connectivity index (χ4n) is 2.59. The number of hydrogen-bond acceptors (Lipinski definition) is 6. The summed E-state index contributed by atoms with van der Waals surface area (Å²) in [5.41, 5.74) is 5.80. The molecule has 1 amide bonds. The van der Waals surface area contributed by atoms with Crippen LogP contribution >= 0.6 is 11.6 Å². The lowest BCUT2D eigenvalue weighted by Crippen LogP contribution is -2.53. The van der Waals surface area contributed by atoms with Gasteiger partial charge >= 0.3 is 0 Å². The van der Waals surface area contributed by atoms with Crippen LogP contribution in [0.25, 0.3) is 0 Å². The number of carbonyl (C=O) groups excluding carboxylic acids is 1. The Balaban J connectivity index is 1.82. The Bertz CT molecular complexity index is 485. The number of alkyl halides is 1. The van der Waals surface area contributed by atoms with Crippen LogP contribution in [0.1, 0.15) is 6.92 Å². The molecule has 9 heteroatoms. The summed E-state index contributed by atoms with van der Waals surface area (Å²) < 4.78 is 28.5. The fourth-order valence-corrected chi connectivity index (χ4v) is 5.14. The van der Waals surface area contributed by atoms with E-state index >= 15 is 0 Å². The number of ether oxygens (including phenoxy) is 1. The maximum absolute atomic E-state index is 12.0. The van der Waals surface area contributed by atoms with Gasteiger partial charge in [-0.1, -0.05) is 0 Å². The van der Waals surface area contributed by atoms with Crippen LogP contribution < -0.4 is 11.1 Å². The van der Waals surface area contributed by atoms with Crippen molar-refractivity contribution in [3.63, 3.8) is 0 Å². The Labute approximate surface area is 130 Å². The van der Waals surface area contributed by atoms with E-state index in [1.165, 1.54) is 0 Å². The summed E-state index contributed by atoms with van der Waals surface area (Å²) in [4.78, 5) is 14.0. The fraction of sp³-hybridized carbons (Fsp3) is 0.917. The molecule has 0 radical (unpaired) electrons. The van der Waals surface area contributed by atoms with Crippen LogP contribution in [-0.4, -0.2) is 80.5 Å². The van der Waals surface area contributed by atoms with Crippen LogP contribution in [0.5, 0.6) is 0 Å². The predicted molar refractivity (Wildman–Crippen MR) is 80.1 cm³/mol. The largest absolute Gasteiger partial charge is 0.374 e. The molecule has 122 valence electrons. The van der Waals surface area contributed by atoms with Crippen LogP contribution in [-0.2, 0) is 19.4 Å². The van der Waals surface area contributed by atoms with Gasteiger partial charge in [0.15, 0.2) is 9.84 Å². The quantitative estimate of drug-likeness (QED) is 0.608. The van der Waals surface area contributed by atoms with Gasteiger partial charge in [0.2, 0.25) is 5.91 Å². The lowest BCUT2D eigenvalue weighted by Gasteiger charge is -2.34. The molecule has 7 nitrogen and oxygen atoms in total. The van der Waals surface area contributed by atoms with Crippen LogP contribution in [0.2, 0.25) is 0 Å². The van der Waals surface area contributed by atoms with Crippen molar-refractivity contribution < 1.29 is 17.9 Å². The summed E-state index contributed by atoms with van der Waals surface area (Å²) in [7, 11) is -3.14. The van der Waals surface area contributed by atoms with Crippen molar-refractivity contribution in [1.29, 1.82) is 0 Å². The SMILES string of the molecule is CC(N)C1CN(CC(=O)NC2CS(=O)(=O)CC2Cl)CCO1. The summed E-state index contributed by atoms with van der Waals surface area (Å²) in [5, 5.41) is 2.16. The number of sulfone groups is 1. The monoisotopic (exact) mass is 339 g/mol. The number of nitrogens with zero attached hydrogens (tertiary/aromatic N) is 1. The highest BCUT2D eigenvalue weighted by Gasteiger charge is 2.37. The second kappa shape index (κ2) is 6.78. The zero-order valence-corrected chi connectivity index (χ0v) is 13.6. The van der Waals surface area contributed by atoms with E-state index in [4.69, 9.17) is 22.1 Å². The Morgan fingerprint density at radius 2 is 2.24 bits per heavy atom. The molecule has 2 saturated heterocycles. The van der Waals surface area contributed by atoms with E-state index in [9.17, 15) is 13.2 Å². The number of amides is 1. The number of morpholine rings is 1. The van der Waals surface area contributed by atoms with Gasteiger partial charge in [-0.3, -0.25) is 9.69 Å². The lowest BCUT2D eigenvalue weighted by molar-refractivity contribution is -0.125. The van der Waals surface area contributed by atoms with Gasteiger partial charge in [0.25, 0.3) is 0 Å². The van der Waals surface area contributed by atoms with Crippen LogP contribution in [0.4, 0.5) is 0 Å². The average molecular weight is 340 g/mol. The van der Waals surface area contributed by atoms with Crippen molar-refractivity contribution in [2.24, 2.45) is 5.73 Å². The molecule has 2 fully saturated rings. The Kier molecular flexibility index (Phi) is 5.48. The third-order valence-electron chi connectivity index (χ3n) is 3.76. The zero-order valence-electron chi connectivity index (χ0n) is 12.0. The molecular formula is C12H22ClN3O4S. The van der Waals surface area contributed by atoms with E-state index in [1.54, 1.807) is 0 Å². The minimum atomic E-state index is -3.14. The first-order valence-corrected chi connectivity index (χ1v) is 9.26. The number of carbonyl (C=O) groups is 1. The van der Waals surface area contributed by atoms with Crippen molar-refractivity contribution in [1.82, 2.24) is 10.2 Å². The normalized spacial score (nSPS) is 34.5. The lowest BCUT2D eigenvalue weighted by atomic mass is 10.1. The third kappa shape index (κ3) is 4.79. The molecule has 0 spiro atoms. The molecule has 0 aromatic carbocycles. The highest BCUT2D eigenvalue weighted by molar-refractivity contribution is 7.91. The molecule has 2 rings (SSSR count). The second-order valence-electron chi connectivity index (χ2n) is 5.77. The van der Waals surface area contributed by atoms with Crippen LogP contribution in [0, 0.1) is 0 Å². The van der Waals surface area contributed by atoms with E-state index < -0.39 is 21.3 Å². The van der Waals surface area contributed by atoms with Gasteiger partial charge < -0.3 is 15.8 Å². The molecule has 0 bridgehead atoms. The van der Waals surface area contributed by atoms with Gasteiger partial charge in [-0.05, 0) is 6.92 Å². The molecule has 0 aromatic rings. The minimum Gasteiger partial charge on any atom is -0.374 e. The van der Waals surface area contributed by atoms with Gasteiger partial charge in [0, 0.05) is 19.1 Å². The average Bonchev–Trinajstić information content (AvgIpc) is 2.62. The summed E-state index contributed by atoms with van der Waals surface area (Å²) in [6.45, 7) is 3.86. The Hall–Kier alpha value is -0.410. The molecular weight excluding hydrogens is 318 g/mol. The summed E-state index contributed by atoms with van der Waals surface area (Å²) in [6.07, 6.45) is -0.0841. The summed E-state index contributed by atoms with van der Waals surface area (Å²) in [6, 6.07) is -0.600. The highest BCUT2D eigenvalue weighted by Crippen LogP contribution is 2.18. The van der Waals surface area contributed by atoms with E-state index in [1.807, 2.05) is 11.8 Å². The van der Waals surface area contributed by atoms with E-state index in [-0.39, 0.29) is 36.1 Å². The topological polar surface area (TPSA) is 102 Å². The molecule has 2 aliphatic heterocycles. The highest BCUT2D eigenvalue weighted by atomic mass is 35.5. The smallest absolute Gasteiger partial charge is 0.234 e. The van der Waals surface area contributed by atoms with Gasteiger partial charge in [-0.2, -0.15) is 0 Å². The van der Waals surface area contributed by atoms with Crippen LogP contribution in [0.15, 0.2) is 0 Å². The zero-order chi connectivity index (χ0) is 15.6. The number of halogens is 1. The van der Waals surface area contributed by atoms with Crippen LogP contribution in [0.3, 0.4) is 0 Å². The van der Waals surface area contributed by atoms with E-state index in [2.05, 4.69) is 5.32 Å². The van der Waals surface area contributed by atoms with Crippen molar-refractivity contribution >= 4 is 27.3 Å². The number of nitrogens with one attached hydrogen (secondary N) is 1. The predicted octanol–water partition coefficient (Wildman–Crippen LogP) is -1.44. The van der Waals surface area contributed by atoms with Gasteiger partial charge in [0.05, 0.1) is 42.2 Å². The second-order valence-corrected chi connectivity index (χ2v) is 8.48. The molecule has 2 heterocycles. The minimum absolute atomic E-state index is 0.0795. The van der Waals surface area contributed by atoms with E-state index in [0.717, 1.165) is 0 Å². The molecule has 4 atom stereocenters. The third-order valence-corrected chi connectivity index (χ3v) is 6.14. The van der Waals surface area contributed by atoms with Crippen molar-refractivity contribution in [3.05, 3.63) is 0 Å². The first-order valence-electron chi connectivity index (χ1n) is 7.00. The number of nitrogens with two attached hydrogens (primary N) is 1. The van der Waals surface area contributed by atoms with Crippen molar-refractivity contribution in [3.8, 4) is 0 Å². The van der Waals surface area contributed by atoms with Gasteiger partial charge in [0.1, 0.15) is 0 Å². The van der Waals surface area contributed by atoms with Gasteiger partial charge in [-0.15, -0.1) is 11.6 Å². The molecule has 21 heavy (non-hydrogen) atoms. The van der Waals surface area contributed by atoms with Crippen molar-refractivity contribution in [2.75, 3.05) is 37.7 Å². The van der Waals surface area contributed by atoms with E-state index in [0.29, 0.717) is 19.7 Å². The maximum Gasteiger partial charge on any atom is 0.234 e. The summed E-state index contributed by atoms with van der Waals surface area (Å²) >= 11 is 5.97. The molecule has 0 aliphatic carbocycles. The van der Waals surface area contributed by atoms with Gasteiger partial charge in [-0.25, -0.2) is 8.42 Å². The molecule has 4 unspecified atom stereocenters. The number of rotatable bonds is 4. The molecule has 2 aliphatic rings. The van der Waals surface area contributed by atoms with Crippen molar-refractivity contribution in [2.45, 2.75) is 30.5 Å². The summed E-state index contributed by atoms with van der Waals surface area (Å²) in [5.74, 6) is -0.379. The Morgan fingerprint density at radius 1 is 1.52 bits per heavy atom. The molecule has 3 N–H and O–H groups in total. The molecule has 0 aromatic heterocycles. The number of hydrogen-bond donors (Lipinski definition) is 2. The Morgan fingerprint density at radius 3 is 2.81 bits per heavy atom. The first-order chi connectivity index (χ1) is 9.77. The first kappa shape index (κ1) is 17.0. The maximum atomic E-state index is 12.0. The standard InChI is InChI=1S/C12H22ClN3O4S/c1-8(14)11-4-16(2-3-20-11)5-12(17)15-10-7-21(18,19)6-9(10)13/h8-11H,2-7,14H2,1H3,(H,15,17). The molecule has 0 saturated carbocycles.